The van der Waals surface area contributed by atoms with Gasteiger partial charge >= 0.3 is 0 Å². The lowest BCUT2D eigenvalue weighted by atomic mass is 10.1. The molecule has 1 aromatic carbocycles. The smallest absolute Gasteiger partial charge is 0.253 e. The topological polar surface area (TPSA) is 54.5 Å². The number of carbonyl (C=O) groups is 1. The van der Waals surface area contributed by atoms with Gasteiger partial charge in [0.05, 0.1) is 9.92 Å². The number of amides is 1. The van der Waals surface area contributed by atoms with Gasteiger partial charge in [0.2, 0.25) is 0 Å². The Balaban J connectivity index is 3.13. The molecular weight excluding hydrogens is 286 g/mol. The molecule has 1 amide bonds. The lowest BCUT2D eigenvalue weighted by molar-refractivity contribution is 0.0779. The average Bonchev–Trinajstić information content (AvgIpc) is 2.26. The van der Waals surface area contributed by atoms with Crippen molar-refractivity contribution in [2.24, 2.45) is 5.92 Å². The molecule has 6 heteroatoms. The lowest BCUT2D eigenvalue weighted by Crippen LogP contribution is -2.30. The fraction of sp³-hybridized carbons (Fsp3) is 0.462. The zero-order valence-electron chi connectivity index (χ0n) is 11.5. The summed E-state index contributed by atoms with van der Waals surface area (Å²) in [5.41, 5.74) is 0.327. The first-order valence-corrected chi connectivity index (χ1v) is 8.15. The molecule has 0 bridgehead atoms. The molecule has 0 spiro atoms. The molecule has 106 valence electrons. The predicted molar refractivity (Wildman–Crippen MR) is 76.4 cm³/mol. The van der Waals surface area contributed by atoms with Gasteiger partial charge in [0.25, 0.3) is 5.91 Å². The second kappa shape index (κ2) is 5.92. The Kier molecular flexibility index (Phi) is 4.98. The van der Waals surface area contributed by atoms with E-state index in [1.165, 1.54) is 18.2 Å². The maximum absolute atomic E-state index is 12.2. The van der Waals surface area contributed by atoms with Gasteiger partial charge in [-0.25, -0.2) is 8.42 Å². The third-order valence-electron chi connectivity index (χ3n) is 2.56. The van der Waals surface area contributed by atoms with Gasteiger partial charge < -0.3 is 4.90 Å². The molecule has 0 unspecified atom stereocenters. The Morgan fingerprint density at radius 2 is 1.95 bits per heavy atom. The third-order valence-corrected chi connectivity index (χ3v) is 4.14. The van der Waals surface area contributed by atoms with Crippen LogP contribution in [0.2, 0.25) is 5.02 Å². The highest BCUT2D eigenvalue weighted by Gasteiger charge is 2.18. The summed E-state index contributed by atoms with van der Waals surface area (Å²) in [4.78, 5) is 13.7. The zero-order valence-corrected chi connectivity index (χ0v) is 13.0. The highest BCUT2D eigenvalue weighted by molar-refractivity contribution is 7.90. The summed E-state index contributed by atoms with van der Waals surface area (Å²) in [6.07, 6.45) is 1.07. The van der Waals surface area contributed by atoms with Gasteiger partial charge in [0.1, 0.15) is 0 Å². The number of nitrogens with zero attached hydrogens (tertiary/aromatic N) is 1. The summed E-state index contributed by atoms with van der Waals surface area (Å²) >= 11 is 5.85. The summed E-state index contributed by atoms with van der Waals surface area (Å²) in [7, 11) is -1.75. The van der Waals surface area contributed by atoms with Crippen LogP contribution in [0, 0.1) is 5.92 Å². The van der Waals surface area contributed by atoms with E-state index in [9.17, 15) is 13.2 Å². The minimum Gasteiger partial charge on any atom is -0.341 e. The summed E-state index contributed by atoms with van der Waals surface area (Å²) < 4.78 is 23.1. The fourth-order valence-electron chi connectivity index (χ4n) is 1.77. The van der Waals surface area contributed by atoms with Crippen LogP contribution >= 0.6 is 11.6 Å². The Morgan fingerprint density at radius 1 is 1.37 bits per heavy atom. The molecule has 1 aromatic rings. The van der Waals surface area contributed by atoms with Gasteiger partial charge in [0, 0.05) is 25.4 Å². The molecule has 0 atom stereocenters. The minimum absolute atomic E-state index is 0.0158. The predicted octanol–water partition coefficient (Wildman–Crippen LogP) is 2.47. The summed E-state index contributed by atoms with van der Waals surface area (Å²) in [5, 5.41) is 0.130. The van der Waals surface area contributed by atoms with Crippen LogP contribution in [0.5, 0.6) is 0 Å². The first kappa shape index (κ1) is 16.0. The Hall–Kier alpha value is -1.07. The standard InChI is InChI=1S/C13H18ClNO3S/c1-9(2)8-15(3)13(16)10-5-6-11(14)12(7-10)19(4,17)18/h5-7,9H,8H2,1-4H3. The monoisotopic (exact) mass is 303 g/mol. The van der Waals surface area contributed by atoms with E-state index in [1.54, 1.807) is 11.9 Å². The molecule has 0 fully saturated rings. The van der Waals surface area contributed by atoms with Gasteiger partial charge in [-0.15, -0.1) is 0 Å². The van der Waals surface area contributed by atoms with Crippen molar-refractivity contribution < 1.29 is 13.2 Å². The van der Waals surface area contributed by atoms with Crippen LogP contribution in [0.25, 0.3) is 0 Å². The first-order valence-electron chi connectivity index (χ1n) is 5.88. The van der Waals surface area contributed by atoms with Gasteiger partial charge in [-0.3, -0.25) is 4.79 Å². The second-order valence-corrected chi connectivity index (χ2v) is 7.39. The van der Waals surface area contributed by atoms with E-state index >= 15 is 0 Å². The van der Waals surface area contributed by atoms with E-state index in [0.717, 1.165) is 6.26 Å². The van der Waals surface area contributed by atoms with Crippen molar-refractivity contribution in [2.75, 3.05) is 19.8 Å². The molecule has 0 aliphatic carbocycles. The van der Waals surface area contributed by atoms with Gasteiger partial charge in [-0.1, -0.05) is 25.4 Å². The van der Waals surface area contributed by atoms with E-state index in [1.807, 2.05) is 13.8 Å². The van der Waals surface area contributed by atoms with Crippen LogP contribution in [0.15, 0.2) is 23.1 Å². The fourth-order valence-corrected chi connectivity index (χ4v) is 3.07. The Bertz CT molecular complexity index is 582. The molecule has 0 aliphatic heterocycles. The van der Waals surface area contributed by atoms with E-state index in [0.29, 0.717) is 18.0 Å². The van der Waals surface area contributed by atoms with Gasteiger partial charge in [-0.2, -0.15) is 0 Å². The van der Waals surface area contributed by atoms with Crippen molar-refractivity contribution in [3.05, 3.63) is 28.8 Å². The van der Waals surface area contributed by atoms with Crippen molar-refractivity contribution in [2.45, 2.75) is 18.7 Å². The van der Waals surface area contributed by atoms with E-state index in [-0.39, 0.29) is 15.8 Å². The largest absolute Gasteiger partial charge is 0.341 e. The maximum atomic E-state index is 12.2. The number of rotatable bonds is 4. The van der Waals surface area contributed by atoms with Crippen molar-refractivity contribution in [3.63, 3.8) is 0 Å². The molecule has 0 heterocycles. The van der Waals surface area contributed by atoms with Crippen LogP contribution < -0.4 is 0 Å². The Labute approximate surface area is 119 Å². The minimum atomic E-state index is -3.44. The van der Waals surface area contributed by atoms with Crippen molar-refractivity contribution >= 4 is 27.3 Å². The number of hydrogen-bond acceptors (Lipinski definition) is 3. The number of benzene rings is 1. The molecule has 0 N–H and O–H groups in total. The van der Waals surface area contributed by atoms with E-state index in [2.05, 4.69) is 0 Å². The van der Waals surface area contributed by atoms with Crippen molar-refractivity contribution in [3.8, 4) is 0 Å². The highest BCUT2D eigenvalue weighted by atomic mass is 35.5. The van der Waals surface area contributed by atoms with Crippen LogP contribution in [0.1, 0.15) is 24.2 Å². The Morgan fingerprint density at radius 3 is 2.42 bits per heavy atom. The van der Waals surface area contributed by atoms with E-state index < -0.39 is 9.84 Å². The SMILES string of the molecule is CC(C)CN(C)C(=O)c1ccc(Cl)c(S(C)(=O)=O)c1. The van der Waals surface area contributed by atoms with Gasteiger partial charge in [-0.05, 0) is 24.1 Å². The molecule has 0 radical (unpaired) electrons. The number of carbonyl (C=O) groups excluding carboxylic acids is 1. The van der Waals surface area contributed by atoms with Crippen molar-refractivity contribution in [1.82, 2.24) is 4.90 Å². The number of hydrogen-bond donors (Lipinski definition) is 0. The van der Waals surface area contributed by atoms with Crippen LogP contribution in [0.4, 0.5) is 0 Å². The molecular formula is C13H18ClNO3S. The molecule has 19 heavy (non-hydrogen) atoms. The summed E-state index contributed by atoms with van der Waals surface area (Å²) in [6, 6.07) is 4.31. The van der Waals surface area contributed by atoms with Crippen LogP contribution in [-0.2, 0) is 9.84 Å². The molecule has 1 rings (SSSR count). The zero-order chi connectivity index (χ0) is 14.8. The average molecular weight is 304 g/mol. The van der Waals surface area contributed by atoms with Crippen LogP contribution in [0.3, 0.4) is 0 Å². The second-order valence-electron chi connectivity index (χ2n) is 5.00. The number of sulfone groups is 1. The highest BCUT2D eigenvalue weighted by Crippen LogP contribution is 2.23. The van der Waals surface area contributed by atoms with Crippen LogP contribution in [-0.4, -0.2) is 39.1 Å². The summed E-state index contributed by atoms with van der Waals surface area (Å²) in [6.45, 7) is 4.62. The molecule has 0 saturated heterocycles. The molecule has 0 saturated carbocycles. The maximum Gasteiger partial charge on any atom is 0.253 e. The molecule has 0 aromatic heterocycles. The normalized spacial score (nSPS) is 11.7. The molecule has 4 nitrogen and oxygen atoms in total. The first-order chi connectivity index (χ1) is 8.62. The third kappa shape index (κ3) is 4.21. The molecule has 0 aliphatic rings. The van der Waals surface area contributed by atoms with E-state index in [4.69, 9.17) is 11.6 Å². The van der Waals surface area contributed by atoms with Crippen molar-refractivity contribution in [1.29, 1.82) is 0 Å². The van der Waals surface area contributed by atoms with Gasteiger partial charge in [0.15, 0.2) is 9.84 Å². The number of halogens is 1. The quantitative estimate of drug-likeness (QED) is 0.858. The summed E-state index contributed by atoms with van der Waals surface area (Å²) in [5.74, 6) is 0.130. The lowest BCUT2D eigenvalue weighted by Gasteiger charge is -2.19.